The summed E-state index contributed by atoms with van der Waals surface area (Å²) in [5.41, 5.74) is 0.324. The molecule has 7 heteroatoms. The van der Waals surface area contributed by atoms with E-state index in [1.807, 2.05) is 0 Å². The van der Waals surface area contributed by atoms with Crippen molar-refractivity contribution in [3.8, 4) is 0 Å². The molecule has 3 rings (SSSR count). The summed E-state index contributed by atoms with van der Waals surface area (Å²) >= 11 is 0. The molecular weight excluding hydrogens is 348 g/mol. The maximum Gasteiger partial charge on any atom is 0.416 e. The summed E-state index contributed by atoms with van der Waals surface area (Å²) in [4.78, 5) is 11.3. The second kappa shape index (κ2) is 6.67. The first kappa shape index (κ1) is 17.7. The fraction of sp³-hybridized carbons (Fsp3) is 0.105. The number of rotatable bonds is 4. The van der Waals surface area contributed by atoms with E-state index in [2.05, 4.69) is 11.9 Å². The number of anilines is 1. The van der Waals surface area contributed by atoms with Crippen LogP contribution in [0.3, 0.4) is 0 Å². The van der Waals surface area contributed by atoms with Gasteiger partial charge in [-0.05, 0) is 48.5 Å². The minimum Gasteiger partial charge on any atom is -0.343 e. The number of amides is 1. The van der Waals surface area contributed by atoms with Gasteiger partial charge in [-0.1, -0.05) is 6.58 Å². The number of hydrogen-bond acceptors (Lipinski definition) is 1. The summed E-state index contributed by atoms with van der Waals surface area (Å²) in [6.45, 7) is 3.33. The highest BCUT2D eigenvalue weighted by Gasteiger charge is 2.31. The summed E-state index contributed by atoms with van der Waals surface area (Å²) in [5.74, 6) is -1.05. The van der Waals surface area contributed by atoms with Crippen molar-refractivity contribution >= 4 is 22.5 Å². The SMILES string of the molecule is C=CC(=O)Nc1ccc2c(ccn2Cc2cc(C(F)(F)F)ccc2F)c1. The highest BCUT2D eigenvalue weighted by molar-refractivity contribution is 6.00. The molecule has 3 nitrogen and oxygen atoms in total. The predicted molar refractivity (Wildman–Crippen MR) is 91.3 cm³/mol. The van der Waals surface area contributed by atoms with Gasteiger partial charge in [-0.15, -0.1) is 0 Å². The molecule has 0 spiro atoms. The van der Waals surface area contributed by atoms with Crippen LogP contribution in [0.4, 0.5) is 23.2 Å². The van der Waals surface area contributed by atoms with Gasteiger partial charge in [-0.3, -0.25) is 4.79 Å². The van der Waals surface area contributed by atoms with Crippen LogP contribution in [-0.2, 0) is 17.5 Å². The monoisotopic (exact) mass is 362 g/mol. The standard InChI is InChI=1S/C19H14F4N2O/c1-2-18(26)24-15-4-6-17-12(10-15)7-8-25(17)11-13-9-14(19(21,22)23)3-5-16(13)20/h2-10H,1,11H2,(H,24,26). The molecule has 134 valence electrons. The zero-order valence-electron chi connectivity index (χ0n) is 13.5. The number of hydrogen-bond donors (Lipinski definition) is 1. The molecule has 0 saturated heterocycles. The summed E-state index contributed by atoms with van der Waals surface area (Å²) < 4.78 is 54.1. The van der Waals surface area contributed by atoms with Gasteiger partial charge in [0.05, 0.1) is 12.1 Å². The second-order valence-electron chi connectivity index (χ2n) is 5.71. The van der Waals surface area contributed by atoms with Gasteiger partial charge < -0.3 is 9.88 Å². The minimum atomic E-state index is -4.53. The van der Waals surface area contributed by atoms with Crippen molar-refractivity contribution in [3.05, 3.63) is 78.3 Å². The quantitative estimate of drug-likeness (QED) is 0.516. The smallest absolute Gasteiger partial charge is 0.343 e. The zero-order chi connectivity index (χ0) is 18.9. The number of carbonyl (C=O) groups is 1. The first-order valence-electron chi connectivity index (χ1n) is 7.66. The fourth-order valence-electron chi connectivity index (χ4n) is 2.66. The number of nitrogens with one attached hydrogen (secondary N) is 1. The van der Waals surface area contributed by atoms with Gasteiger partial charge in [0.15, 0.2) is 0 Å². The summed E-state index contributed by atoms with van der Waals surface area (Å²) in [5, 5.41) is 3.39. The molecule has 1 amide bonds. The van der Waals surface area contributed by atoms with Crippen molar-refractivity contribution < 1.29 is 22.4 Å². The van der Waals surface area contributed by atoms with Crippen LogP contribution < -0.4 is 5.32 Å². The molecule has 0 aliphatic rings. The molecule has 2 aromatic carbocycles. The summed E-state index contributed by atoms with van der Waals surface area (Å²) in [6.07, 6.45) is -1.73. The number of aromatic nitrogens is 1. The topological polar surface area (TPSA) is 34.0 Å². The third-order valence-electron chi connectivity index (χ3n) is 3.94. The number of carbonyl (C=O) groups excluding carboxylic acids is 1. The van der Waals surface area contributed by atoms with E-state index < -0.39 is 17.6 Å². The summed E-state index contributed by atoms with van der Waals surface area (Å²) in [6, 6.07) is 9.19. The average Bonchev–Trinajstić information content (AvgIpc) is 2.98. The largest absolute Gasteiger partial charge is 0.416 e. The molecule has 0 saturated carbocycles. The molecule has 0 fully saturated rings. The van der Waals surface area contributed by atoms with Crippen molar-refractivity contribution in [1.82, 2.24) is 4.57 Å². The molecule has 1 aromatic heterocycles. The number of halogens is 4. The molecule has 0 atom stereocenters. The maximum absolute atomic E-state index is 14.0. The molecular formula is C19H14F4N2O. The Morgan fingerprint density at radius 2 is 1.92 bits per heavy atom. The Balaban J connectivity index is 1.92. The number of nitrogens with zero attached hydrogens (tertiary/aromatic N) is 1. The van der Waals surface area contributed by atoms with E-state index >= 15 is 0 Å². The van der Waals surface area contributed by atoms with Gasteiger partial charge in [-0.25, -0.2) is 4.39 Å². The molecule has 26 heavy (non-hydrogen) atoms. The Bertz CT molecular complexity index is 989. The number of alkyl halides is 3. The molecule has 0 aliphatic carbocycles. The highest BCUT2D eigenvalue weighted by atomic mass is 19.4. The summed E-state index contributed by atoms with van der Waals surface area (Å²) in [7, 11) is 0. The zero-order valence-corrected chi connectivity index (χ0v) is 13.5. The van der Waals surface area contributed by atoms with E-state index in [4.69, 9.17) is 0 Å². The number of fused-ring (bicyclic) bond motifs is 1. The average molecular weight is 362 g/mol. The van der Waals surface area contributed by atoms with Crippen molar-refractivity contribution in [3.63, 3.8) is 0 Å². The Hall–Kier alpha value is -3.09. The van der Waals surface area contributed by atoms with E-state index in [1.165, 1.54) is 0 Å². The van der Waals surface area contributed by atoms with Crippen LogP contribution in [-0.4, -0.2) is 10.5 Å². The minimum absolute atomic E-state index is 0.0440. The molecule has 1 N–H and O–H groups in total. The predicted octanol–water partition coefficient (Wildman–Crippen LogP) is 4.97. The van der Waals surface area contributed by atoms with Crippen LogP contribution in [0.2, 0.25) is 0 Å². The molecule has 0 unspecified atom stereocenters. The van der Waals surface area contributed by atoms with E-state index in [9.17, 15) is 22.4 Å². The normalized spacial score (nSPS) is 11.5. The first-order chi connectivity index (χ1) is 12.3. The molecule has 0 radical (unpaired) electrons. The maximum atomic E-state index is 14.0. The first-order valence-corrected chi connectivity index (χ1v) is 7.66. The van der Waals surface area contributed by atoms with Crippen LogP contribution in [0.5, 0.6) is 0 Å². The fourth-order valence-corrected chi connectivity index (χ4v) is 2.66. The van der Waals surface area contributed by atoms with Gasteiger partial charge in [-0.2, -0.15) is 13.2 Å². The second-order valence-corrected chi connectivity index (χ2v) is 5.71. The lowest BCUT2D eigenvalue weighted by Gasteiger charge is -2.11. The molecule has 0 aliphatic heterocycles. The van der Waals surface area contributed by atoms with Crippen LogP contribution >= 0.6 is 0 Å². The van der Waals surface area contributed by atoms with Crippen LogP contribution in [0.15, 0.2) is 61.3 Å². The molecule has 3 aromatic rings. The lowest BCUT2D eigenvalue weighted by Crippen LogP contribution is -2.08. The lowest BCUT2D eigenvalue weighted by molar-refractivity contribution is -0.137. The van der Waals surface area contributed by atoms with Gasteiger partial charge >= 0.3 is 6.18 Å². The van der Waals surface area contributed by atoms with Crippen molar-refractivity contribution in [2.45, 2.75) is 12.7 Å². The number of benzene rings is 2. The Kier molecular flexibility index (Phi) is 4.54. The van der Waals surface area contributed by atoms with E-state index in [-0.39, 0.29) is 18.0 Å². The lowest BCUT2D eigenvalue weighted by atomic mass is 10.1. The van der Waals surface area contributed by atoms with Crippen molar-refractivity contribution in [1.29, 1.82) is 0 Å². The van der Waals surface area contributed by atoms with E-state index in [0.29, 0.717) is 11.2 Å². The van der Waals surface area contributed by atoms with Crippen molar-refractivity contribution in [2.24, 2.45) is 0 Å². The Labute approximate surface area is 146 Å². The Morgan fingerprint density at radius 1 is 1.15 bits per heavy atom. The van der Waals surface area contributed by atoms with Crippen LogP contribution in [0, 0.1) is 5.82 Å². The van der Waals surface area contributed by atoms with Gasteiger partial charge in [0.1, 0.15) is 5.82 Å². The van der Waals surface area contributed by atoms with Gasteiger partial charge in [0, 0.05) is 28.4 Å². The van der Waals surface area contributed by atoms with Crippen LogP contribution in [0.1, 0.15) is 11.1 Å². The molecule has 1 heterocycles. The molecule has 0 bridgehead atoms. The van der Waals surface area contributed by atoms with Gasteiger partial charge in [0.2, 0.25) is 5.91 Å². The third kappa shape index (κ3) is 3.61. The third-order valence-corrected chi connectivity index (χ3v) is 3.94. The van der Waals surface area contributed by atoms with Gasteiger partial charge in [0.25, 0.3) is 0 Å². The van der Waals surface area contributed by atoms with E-state index in [1.54, 1.807) is 35.0 Å². The Morgan fingerprint density at radius 3 is 2.62 bits per heavy atom. The van der Waals surface area contributed by atoms with Crippen LogP contribution in [0.25, 0.3) is 10.9 Å². The van der Waals surface area contributed by atoms with E-state index in [0.717, 1.165) is 29.7 Å². The highest BCUT2D eigenvalue weighted by Crippen LogP contribution is 2.31. The van der Waals surface area contributed by atoms with Crippen molar-refractivity contribution in [2.75, 3.05) is 5.32 Å².